The van der Waals surface area contributed by atoms with Gasteiger partial charge in [-0.1, -0.05) is 24.3 Å². The number of piperidine rings is 1. The molecule has 3 rings (SSSR count). The Morgan fingerprint density at radius 1 is 1.12 bits per heavy atom. The number of hydrogen-bond donors (Lipinski definition) is 1. The van der Waals surface area contributed by atoms with Crippen LogP contribution in [0, 0.1) is 18.8 Å². The van der Waals surface area contributed by atoms with Gasteiger partial charge in [0.05, 0.1) is 0 Å². The molecule has 4 nitrogen and oxygen atoms in total. The second kappa shape index (κ2) is 8.17. The number of nitrogens with zero attached hydrogens (tertiary/aromatic N) is 2. The highest BCUT2D eigenvalue weighted by Crippen LogP contribution is 2.29. The summed E-state index contributed by atoms with van der Waals surface area (Å²) in [5, 5.41) is 9.71. The van der Waals surface area contributed by atoms with Gasteiger partial charge in [-0.05, 0) is 57.0 Å². The SMILES string of the molecule is Cc1ccc(-c2ccccc2CN2C[C@@H](CN(C)C)C[C@H](CO)C2)o1. The van der Waals surface area contributed by atoms with Crippen molar-refractivity contribution >= 4 is 0 Å². The first-order valence-corrected chi connectivity index (χ1v) is 9.17. The molecular formula is C21H30N2O2. The molecule has 0 spiro atoms. The molecule has 0 saturated carbocycles. The van der Waals surface area contributed by atoms with Crippen LogP contribution in [0.3, 0.4) is 0 Å². The molecule has 136 valence electrons. The summed E-state index contributed by atoms with van der Waals surface area (Å²) >= 11 is 0. The second-order valence-corrected chi connectivity index (χ2v) is 7.67. The third-order valence-corrected chi connectivity index (χ3v) is 5.00. The predicted molar refractivity (Wildman–Crippen MR) is 101 cm³/mol. The molecular weight excluding hydrogens is 312 g/mol. The summed E-state index contributed by atoms with van der Waals surface area (Å²) in [5.74, 6) is 2.86. The molecule has 25 heavy (non-hydrogen) atoms. The van der Waals surface area contributed by atoms with E-state index >= 15 is 0 Å². The van der Waals surface area contributed by atoms with E-state index in [1.807, 2.05) is 13.0 Å². The summed E-state index contributed by atoms with van der Waals surface area (Å²) in [5.41, 5.74) is 2.46. The van der Waals surface area contributed by atoms with Crippen molar-refractivity contribution in [2.75, 3.05) is 40.3 Å². The van der Waals surface area contributed by atoms with Crippen LogP contribution >= 0.6 is 0 Å². The van der Waals surface area contributed by atoms with Gasteiger partial charge in [0.25, 0.3) is 0 Å². The van der Waals surface area contributed by atoms with Crippen molar-refractivity contribution in [3.63, 3.8) is 0 Å². The van der Waals surface area contributed by atoms with Crippen LogP contribution in [0.2, 0.25) is 0 Å². The molecule has 1 fully saturated rings. The third kappa shape index (κ3) is 4.72. The number of aryl methyl sites for hydroxylation is 1. The minimum Gasteiger partial charge on any atom is -0.461 e. The summed E-state index contributed by atoms with van der Waals surface area (Å²) in [6, 6.07) is 12.6. The first-order chi connectivity index (χ1) is 12.0. The van der Waals surface area contributed by atoms with Crippen LogP contribution in [-0.2, 0) is 6.54 Å². The number of likely N-dealkylation sites (tertiary alicyclic amines) is 1. The number of benzene rings is 1. The van der Waals surface area contributed by atoms with E-state index in [0.29, 0.717) is 11.8 Å². The fraction of sp³-hybridized carbons (Fsp3) is 0.524. The fourth-order valence-electron chi connectivity index (χ4n) is 4.05. The maximum atomic E-state index is 9.71. The maximum Gasteiger partial charge on any atom is 0.134 e. The highest BCUT2D eigenvalue weighted by Gasteiger charge is 2.27. The number of hydrogen-bond acceptors (Lipinski definition) is 4. The van der Waals surface area contributed by atoms with Gasteiger partial charge in [0.2, 0.25) is 0 Å². The van der Waals surface area contributed by atoms with E-state index in [2.05, 4.69) is 54.2 Å². The fourth-order valence-corrected chi connectivity index (χ4v) is 4.05. The van der Waals surface area contributed by atoms with Gasteiger partial charge in [0.15, 0.2) is 0 Å². The van der Waals surface area contributed by atoms with Crippen molar-refractivity contribution < 1.29 is 9.52 Å². The molecule has 0 aliphatic carbocycles. The lowest BCUT2D eigenvalue weighted by Crippen LogP contribution is -2.44. The highest BCUT2D eigenvalue weighted by atomic mass is 16.3. The van der Waals surface area contributed by atoms with E-state index in [9.17, 15) is 5.11 Å². The number of aliphatic hydroxyl groups excluding tert-OH is 1. The Balaban J connectivity index is 1.77. The zero-order chi connectivity index (χ0) is 17.8. The van der Waals surface area contributed by atoms with Crippen molar-refractivity contribution in [1.82, 2.24) is 9.80 Å². The monoisotopic (exact) mass is 342 g/mol. The molecule has 0 radical (unpaired) electrons. The Kier molecular flexibility index (Phi) is 5.94. The van der Waals surface area contributed by atoms with Crippen LogP contribution in [0.5, 0.6) is 0 Å². The van der Waals surface area contributed by atoms with Crippen LogP contribution in [0.15, 0.2) is 40.8 Å². The smallest absolute Gasteiger partial charge is 0.134 e. The first kappa shape index (κ1) is 18.2. The van der Waals surface area contributed by atoms with Crippen molar-refractivity contribution in [3.05, 3.63) is 47.7 Å². The van der Waals surface area contributed by atoms with Gasteiger partial charge in [-0.2, -0.15) is 0 Å². The average molecular weight is 342 g/mol. The van der Waals surface area contributed by atoms with Crippen LogP contribution in [0.1, 0.15) is 17.7 Å². The largest absolute Gasteiger partial charge is 0.461 e. The molecule has 1 saturated heterocycles. The van der Waals surface area contributed by atoms with Gasteiger partial charge in [0.1, 0.15) is 11.5 Å². The Morgan fingerprint density at radius 3 is 2.56 bits per heavy atom. The van der Waals surface area contributed by atoms with Crippen molar-refractivity contribution in [2.45, 2.75) is 19.9 Å². The summed E-state index contributed by atoms with van der Waals surface area (Å²) < 4.78 is 5.85. The molecule has 4 heteroatoms. The Hall–Kier alpha value is -1.62. The van der Waals surface area contributed by atoms with Crippen LogP contribution in [0.4, 0.5) is 0 Å². The number of furan rings is 1. The summed E-state index contributed by atoms with van der Waals surface area (Å²) in [4.78, 5) is 4.75. The van der Waals surface area contributed by atoms with Gasteiger partial charge in [-0.3, -0.25) is 4.90 Å². The predicted octanol–water partition coefficient (Wildman–Crippen LogP) is 3.25. The molecule has 0 unspecified atom stereocenters. The highest BCUT2D eigenvalue weighted by molar-refractivity contribution is 5.62. The average Bonchev–Trinajstić information content (AvgIpc) is 3.00. The zero-order valence-electron chi connectivity index (χ0n) is 15.6. The maximum absolute atomic E-state index is 9.71. The van der Waals surface area contributed by atoms with Crippen molar-refractivity contribution in [1.29, 1.82) is 0 Å². The van der Waals surface area contributed by atoms with Crippen molar-refractivity contribution in [3.8, 4) is 11.3 Å². The molecule has 1 N–H and O–H groups in total. The van der Waals surface area contributed by atoms with E-state index in [-0.39, 0.29) is 6.61 Å². The summed E-state index contributed by atoms with van der Waals surface area (Å²) in [6.45, 7) is 6.28. The van der Waals surface area contributed by atoms with Crippen LogP contribution < -0.4 is 0 Å². The van der Waals surface area contributed by atoms with E-state index in [4.69, 9.17) is 4.42 Å². The Bertz CT molecular complexity index is 680. The number of rotatable bonds is 6. The topological polar surface area (TPSA) is 39.9 Å². The van der Waals surface area contributed by atoms with E-state index in [1.54, 1.807) is 0 Å². The molecule has 0 bridgehead atoms. The lowest BCUT2D eigenvalue weighted by Gasteiger charge is -2.38. The lowest BCUT2D eigenvalue weighted by atomic mass is 9.89. The molecule has 1 aromatic heterocycles. The number of aliphatic hydroxyl groups is 1. The lowest BCUT2D eigenvalue weighted by molar-refractivity contribution is 0.0693. The molecule has 1 aliphatic heterocycles. The van der Waals surface area contributed by atoms with Gasteiger partial charge in [-0.25, -0.2) is 0 Å². The second-order valence-electron chi connectivity index (χ2n) is 7.67. The van der Waals surface area contributed by atoms with Crippen molar-refractivity contribution in [2.24, 2.45) is 11.8 Å². The van der Waals surface area contributed by atoms with E-state index in [1.165, 1.54) is 11.1 Å². The third-order valence-electron chi connectivity index (χ3n) is 5.00. The van der Waals surface area contributed by atoms with Crippen LogP contribution in [-0.4, -0.2) is 55.2 Å². The summed E-state index contributed by atoms with van der Waals surface area (Å²) in [6.07, 6.45) is 1.12. The van der Waals surface area contributed by atoms with Gasteiger partial charge in [-0.15, -0.1) is 0 Å². The molecule has 2 atom stereocenters. The molecule has 2 aromatic rings. The summed E-state index contributed by atoms with van der Waals surface area (Å²) in [7, 11) is 4.25. The molecule has 1 aromatic carbocycles. The minimum absolute atomic E-state index is 0.277. The quantitative estimate of drug-likeness (QED) is 0.875. The Morgan fingerprint density at radius 2 is 1.88 bits per heavy atom. The Labute approximate surface area is 151 Å². The van der Waals surface area contributed by atoms with E-state index < -0.39 is 0 Å². The van der Waals surface area contributed by atoms with Gasteiger partial charge < -0.3 is 14.4 Å². The molecule has 1 aliphatic rings. The van der Waals surface area contributed by atoms with Gasteiger partial charge in [0, 0.05) is 38.3 Å². The zero-order valence-corrected chi connectivity index (χ0v) is 15.6. The normalized spacial score (nSPS) is 21.8. The van der Waals surface area contributed by atoms with Gasteiger partial charge >= 0.3 is 0 Å². The standard InChI is InChI=1S/C21H30N2O2/c1-16-8-9-21(25-16)20-7-5-4-6-19(20)14-23-12-17(11-22(2)3)10-18(13-23)15-24/h4-9,17-18,24H,10-15H2,1-3H3/t17-,18+/m1/s1. The molecule has 2 heterocycles. The van der Waals surface area contributed by atoms with Crippen LogP contribution in [0.25, 0.3) is 11.3 Å². The minimum atomic E-state index is 0.277. The first-order valence-electron chi connectivity index (χ1n) is 9.17. The van der Waals surface area contributed by atoms with E-state index in [0.717, 1.165) is 44.1 Å². The molecule has 0 amide bonds.